The summed E-state index contributed by atoms with van der Waals surface area (Å²) in [5.41, 5.74) is 1.47. The molecule has 8 heteroatoms. The molecule has 0 spiro atoms. The van der Waals surface area contributed by atoms with E-state index in [-0.39, 0.29) is 19.0 Å². The highest BCUT2D eigenvalue weighted by molar-refractivity contribution is 8.59. The summed E-state index contributed by atoms with van der Waals surface area (Å²) in [6, 6.07) is 15.8. The van der Waals surface area contributed by atoms with Crippen LogP contribution in [0.5, 0.6) is 5.75 Å². The van der Waals surface area contributed by atoms with Crippen LogP contribution >= 0.6 is 29.5 Å². The maximum atomic E-state index is 13.7. The van der Waals surface area contributed by atoms with Crippen LogP contribution in [0, 0.1) is 5.82 Å². The van der Waals surface area contributed by atoms with Crippen LogP contribution in [0.15, 0.2) is 71.4 Å². The zero-order chi connectivity index (χ0) is 21.9. The van der Waals surface area contributed by atoms with E-state index < -0.39 is 12.4 Å². The third-order valence-electron chi connectivity index (χ3n) is 4.77. The van der Waals surface area contributed by atoms with Gasteiger partial charge in [0.2, 0.25) is 0 Å². The fourth-order valence-corrected chi connectivity index (χ4v) is 7.82. The predicted octanol–water partition coefficient (Wildman–Crippen LogP) is 7.48. The third-order valence-corrected chi connectivity index (χ3v) is 9.25. The molecule has 1 aliphatic rings. The lowest BCUT2D eigenvalue weighted by Crippen LogP contribution is -2.34. The number of ether oxygens (including phenoxy) is 1. The van der Waals surface area contributed by atoms with Gasteiger partial charge >= 0.3 is 6.80 Å². The first kappa shape index (κ1) is 22.3. The number of thiophene rings is 1. The molecule has 4 nitrogen and oxygen atoms in total. The minimum atomic E-state index is -3.44. The Balaban J connectivity index is 1.91. The fourth-order valence-electron chi connectivity index (χ4n) is 3.45. The van der Waals surface area contributed by atoms with Gasteiger partial charge in [0.1, 0.15) is 11.6 Å². The highest BCUT2D eigenvalue weighted by Gasteiger charge is 2.41. The molecule has 1 aliphatic heterocycles. The Bertz CT molecular complexity index is 1100. The monoisotopic (exact) mass is 476 g/mol. The van der Waals surface area contributed by atoms with E-state index >= 15 is 0 Å². The number of hydrogen-bond donors (Lipinski definition) is 0. The summed E-state index contributed by atoms with van der Waals surface area (Å²) in [5.74, 6) is 0.318. The van der Waals surface area contributed by atoms with Gasteiger partial charge in [0.05, 0.1) is 13.2 Å². The van der Waals surface area contributed by atoms with Gasteiger partial charge in [-0.05, 0) is 66.3 Å². The predicted molar refractivity (Wildman–Crippen MR) is 125 cm³/mol. The van der Waals surface area contributed by atoms with Crippen molar-refractivity contribution < 1.29 is 22.7 Å². The zero-order valence-corrected chi connectivity index (χ0v) is 19.6. The zero-order valence-electron chi connectivity index (χ0n) is 17.1. The lowest BCUT2D eigenvalue weighted by Gasteiger charge is -2.37. The highest BCUT2D eigenvalue weighted by atomic mass is 32.7. The van der Waals surface area contributed by atoms with Crippen LogP contribution in [0.4, 0.5) is 4.39 Å². The van der Waals surface area contributed by atoms with Gasteiger partial charge in [0.15, 0.2) is 5.60 Å². The molecule has 0 N–H and O–H groups in total. The van der Waals surface area contributed by atoms with Gasteiger partial charge in [-0.2, -0.15) is 11.3 Å². The van der Waals surface area contributed by atoms with E-state index in [0.717, 1.165) is 33.0 Å². The maximum Gasteiger partial charge on any atom is 0.393 e. The topological polar surface area (TPSA) is 44.8 Å². The molecule has 0 aliphatic carbocycles. The molecule has 1 atom stereocenters. The van der Waals surface area contributed by atoms with Gasteiger partial charge in [0.25, 0.3) is 0 Å². The molecule has 3 aromatic rings. The number of benzene rings is 2. The third kappa shape index (κ3) is 4.52. The van der Waals surface area contributed by atoms with Crippen LogP contribution in [-0.4, -0.2) is 13.2 Å². The lowest BCUT2D eigenvalue weighted by atomic mass is 9.85. The molecular weight excluding hydrogens is 454 g/mol. The number of rotatable bonds is 8. The molecule has 2 heterocycles. The average molecular weight is 477 g/mol. The van der Waals surface area contributed by atoms with E-state index in [1.807, 2.05) is 47.2 Å². The smallest absolute Gasteiger partial charge is 0.393 e. The quantitative estimate of drug-likeness (QED) is 0.315. The molecule has 1 unspecified atom stereocenters. The van der Waals surface area contributed by atoms with Crippen LogP contribution in [0.2, 0.25) is 0 Å². The van der Waals surface area contributed by atoms with Crippen LogP contribution in [0.3, 0.4) is 0 Å². The van der Waals surface area contributed by atoms with Gasteiger partial charge in [-0.15, -0.1) is 0 Å². The van der Waals surface area contributed by atoms with Gasteiger partial charge in [-0.25, -0.2) is 8.96 Å². The van der Waals surface area contributed by atoms with Crippen molar-refractivity contribution in [2.75, 3.05) is 13.2 Å². The molecule has 0 saturated carbocycles. The second-order valence-corrected chi connectivity index (χ2v) is 11.4. The Labute approximate surface area is 189 Å². The second-order valence-electron chi connectivity index (χ2n) is 6.74. The molecule has 0 amide bonds. The van der Waals surface area contributed by atoms with Gasteiger partial charge in [0, 0.05) is 21.6 Å². The largest absolute Gasteiger partial charge is 0.473 e. The molecule has 4 rings (SSSR count). The fraction of sp³-hybridized carbons (Fsp3) is 0.217. The van der Waals surface area contributed by atoms with E-state index in [1.54, 1.807) is 37.3 Å². The summed E-state index contributed by atoms with van der Waals surface area (Å²) < 4.78 is 44.7. The Kier molecular flexibility index (Phi) is 6.70. The van der Waals surface area contributed by atoms with E-state index in [2.05, 4.69) is 0 Å². The van der Waals surface area contributed by atoms with Crippen LogP contribution in [0.25, 0.3) is 4.91 Å². The number of hydrogen-bond acceptors (Lipinski definition) is 6. The molecule has 0 bridgehead atoms. The first-order valence-electron chi connectivity index (χ1n) is 9.88. The van der Waals surface area contributed by atoms with Gasteiger partial charge in [-0.1, -0.05) is 30.3 Å². The number of halogens is 1. The van der Waals surface area contributed by atoms with Crippen molar-refractivity contribution in [3.63, 3.8) is 0 Å². The molecule has 31 heavy (non-hydrogen) atoms. The van der Waals surface area contributed by atoms with Crippen molar-refractivity contribution >= 4 is 34.4 Å². The Hall–Kier alpha value is -1.89. The molecular formula is C23H22FO4PS2. The molecule has 162 valence electrons. The van der Waals surface area contributed by atoms with Crippen molar-refractivity contribution in [3.05, 3.63) is 93.9 Å². The van der Waals surface area contributed by atoms with Crippen molar-refractivity contribution in [2.24, 2.45) is 0 Å². The van der Waals surface area contributed by atoms with E-state index in [0.29, 0.717) is 5.75 Å². The first-order chi connectivity index (χ1) is 15.0. The van der Waals surface area contributed by atoms with Crippen molar-refractivity contribution in [3.8, 4) is 5.75 Å². The summed E-state index contributed by atoms with van der Waals surface area (Å²) in [6.07, 6.45) is 1.93. The van der Waals surface area contributed by atoms with Crippen molar-refractivity contribution in [1.82, 2.24) is 0 Å². The minimum absolute atomic E-state index is 0.267. The Morgan fingerprint density at radius 3 is 2.39 bits per heavy atom. The normalized spacial score (nSPS) is 18.2. The van der Waals surface area contributed by atoms with Crippen molar-refractivity contribution in [1.29, 1.82) is 0 Å². The van der Waals surface area contributed by atoms with Crippen LogP contribution < -0.4 is 4.74 Å². The summed E-state index contributed by atoms with van der Waals surface area (Å²) in [6.45, 7) is 0.663. The minimum Gasteiger partial charge on any atom is -0.473 e. The number of fused-ring (bicyclic) bond motifs is 1. The Morgan fingerprint density at radius 1 is 1.03 bits per heavy atom. The summed E-state index contributed by atoms with van der Waals surface area (Å²) in [7, 11) is 0. The van der Waals surface area contributed by atoms with Crippen LogP contribution in [-0.2, 0) is 19.2 Å². The molecule has 2 aromatic carbocycles. The van der Waals surface area contributed by atoms with Gasteiger partial charge < -0.3 is 13.8 Å². The number of para-hydroxylation sites is 1. The molecule has 0 saturated heterocycles. The van der Waals surface area contributed by atoms with Crippen LogP contribution in [0.1, 0.15) is 30.5 Å². The summed E-state index contributed by atoms with van der Waals surface area (Å²) in [5, 5.41) is 3.97. The summed E-state index contributed by atoms with van der Waals surface area (Å²) in [4.78, 5) is 0.725. The maximum absolute atomic E-state index is 13.7. The average Bonchev–Trinajstić information content (AvgIpc) is 3.30. The van der Waals surface area contributed by atoms with E-state index in [1.165, 1.54) is 12.1 Å². The molecule has 0 fully saturated rings. The SMILES string of the molecule is CCOP(=O)(OCC)SC1=CC(c2ccc(F)cc2)(c2ccsc2)Oc2ccccc21. The highest BCUT2D eigenvalue weighted by Crippen LogP contribution is 2.67. The Morgan fingerprint density at radius 2 is 1.74 bits per heavy atom. The summed E-state index contributed by atoms with van der Waals surface area (Å²) >= 11 is 2.63. The first-order valence-corrected chi connectivity index (χ1v) is 13.8. The molecule has 0 radical (unpaired) electrons. The van der Waals surface area contributed by atoms with E-state index in [4.69, 9.17) is 13.8 Å². The van der Waals surface area contributed by atoms with E-state index in [9.17, 15) is 8.96 Å². The van der Waals surface area contributed by atoms with Gasteiger partial charge in [-0.3, -0.25) is 0 Å². The van der Waals surface area contributed by atoms with Crippen molar-refractivity contribution in [2.45, 2.75) is 19.4 Å². The second kappa shape index (κ2) is 9.31. The lowest BCUT2D eigenvalue weighted by molar-refractivity contribution is 0.161. The standard InChI is InChI=1S/C23H22FO4PS2/c1-3-26-29(25,27-4-2)31-22-15-23(18-13-14-30-16-18,17-9-11-19(24)12-10-17)28-21-8-6-5-7-20(21)22/h5-16H,3-4H2,1-2H3. The molecule has 1 aromatic heterocycles.